The van der Waals surface area contributed by atoms with Gasteiger partial charge in [0.25, 0.3) is 0 Å². The first kappa shape index (κ1) is 21.6. The molecule has 8 unspecified atom stereocenters. The number of aliphatic hydroxyl groups excluding tert-OH is 5. The van der Waals surface area contributed by atoms with Gasteiger partial charge in [0.2, 0.25) is 0 Å². The number of rotatable bonds is 7. The zero-order valence-corrected chi connectivity index (χ0v) is 14.8. The van der Waals surface area contributed by atoms with Gasteiger partial charge in [0, 0.05) is 0 Å². The highest BCUT2D eigenvalue weighted by molar-refractivity contribution is 4.96. The molecule has 26 heavy (non-hydrogen) atoms. The Morgan fingerprint density at radius 2 is 1.81 bits per heavy atom. The van der Waals surface area contributed by atoms with Crippen molar-refractivity contribution in [2.24, 2.45) is 0 Å². The smallest absolute Gasteiger partial charge is 0.187 e. The van der Waals surface area contributed by atoms with Crippen LogP contribution in [0.15, 0.2) is 12.7 Å². The summed E-state index contributed by atoms with van der Waals surface area (Å²) >= 11 is 0. The third-order valence-electron chi connectivity index (χ3n) is 4.58. The molecule has 2 fully saturated rings. The van der Waals surface area contributed by atoms with Crippen molar-refractivity contribution in [2.45, 2.75) is 68.1 Å². The second kappa shape index (κ2) is 8.15. The lowest BCUT2D eigenvalue weighted by Gasteiger charge is -2.42. The van der Waals surface area contributed by atoms with E-state index in [9.17, 15) is 25.5 Å². The van der Waals surface area contributed by atoms with E-state index < -0.39 is 60.9 Å². The number of ether oxygens (including phenoxy) is 4. The van der Waals surface area contributed by atoms with Crippen molar-refractivity contribution in [1.29, 1.82) is 0 Å². The van der Waals surface area contributed by atoms with Gasteiger partial charge in [-0.1, -0.05) is 6.08 Å². The van der Waals surface area contributed by atoms with E-state index in [-0.39, 0.29) is 13.2 Å². The lowest BCUT2D eigenvalue weighted by atomic mass is 9.98. The van der Waals surface area contributed by atoms with Gasteiger partial charge in [-0.2, -0.15) is 0 Å². The Morgan fingerprint density at radius 1 is 1.15 bits per heavy atom. The molecule has 6 N–H and O–H groups in total. The van der Waals surface area contributed by atoms with Gasteiger partial charge in [0.05, 0.1) is 25.4 Å². The molecule has 8 atom stereocenters. The van der Waals surface area contributed by atoms with E-state index in [1.807, 2.05) is 0 Å². The van der Waals surface area contributed by atoms with Crippen molar-refractivity contribution in [2.75, 3.05) is 19.8 Å². The molecule has 0 aromatic heterocycles. The molecule has 0 aromatic rings. The van der Waals surface area contributed by atoms with Gasteiger partial charge >= 0.3 is 0 Å². The van der Waals surface area contributed by atoms with Gasteiger partial charge in [-0.15, -0.1) is 6.58 Å². The molecule has 2 rings (SSSR count). The van der Waals surface area contributed by atoms with E-state index in [0.717, 1.165) is 0 Å². The Bertz CT molecular complexity index is 486. The summed E-state index contributed by atoms with van der Waals surface area (Å²) in [6, 6.07) is 0. The molecular formula is C16H28O10. The molecule has 2 aliphatic heterocycles. The summed E-state index contributed by atoms with van der Waals surface area (Å²) in [7, 11) is 0. The number of hydrogen-bond donors (Lipinski definition) is 6. The van der Waals surface area contributed by atoms with Crippen LogP contribution < -0.4 is 0 Å². The minimum absolute atomic E-state index is 0.329. The standard InChI is InChI=1S/C16H28O10/c1-4-15(2,3)26-13-11(20)10(19)9(18)8(25-13)5-23-14-12(21)16(22,6-17)7-24-14/h4,8-14,17-22H,1,5-7H2,2-3H3. The van der Waals surface area contributed by atoms with Crippen molar-refractivity contribution >= 4 is 0 Å². The molecule has 0 spiro atoms. The van der Waals surface area contributed by atoms with E-state index in [1.165, 1.54) is 6.08 Å². The fraction of sp³-hybridized carbons (Fsp3) is 0.875. The lowest BCUT2D eigenvalue weighted by molar-refractivity contribution is -0.324. The molecule has 10 nitrogen and oxygen atoms in total. The fourth-order valence-electron chi connectivity index (χ4n) is 2.62. The van der Waals surface area contributed by atoms with Crippen molar-refractivity contribution < 1.29 is 49.6 Å². The van der Waals surface area contributed by atoms with E-state index >= 15 is 0 Å². The molecular weight excluding hydrogens is 352 g/mol. The maximum atomic E-state index is 10.1. The Labute approximate surface area is 151 Å². The van der Waals surface area contributed by atoms with Gasteiger partial charge in [0.15, 0.2) is 12.6 Å². The SMILES string of the molecule is C=CC(C)(C)OC1OC(COC2OCC(O)(CO)C2O)C(O)C(O)C1O. The predicted octanol–water partition coefficient (Wildman–Crippen LogP) is -2.77. The molecule has 0 radical (unpaired) electrons. The van der Waals surface area contributed by atoms with E-state index in [1.54, 1.807) is 13.8 Å². The van der Waals surface area contributed by atoms with Gasteiger partial charge in [-0.3, -0.25) is 0 Å². The summed E-state index contributed by atoms with van der Waals surface area (Å²) in [5.74, 6) is 0. The maximum Gasteiger partial charge on any atom is 0.187 e. The minimum atomic E-state index is -1.84. The lowest BCUT2D eigenvalue weighted by Crippen LogP contribution is -2.60. The minimum Gasteiger partial charge on any atom is -0.393 e. The predicted molar refractivity (Wildman–Crippen MR) is 85.8 cm³/mol. The molecule has 0 aliphatic carbocycles. The first-order valence-electron chi connectivity index (χ1n) is 8.30. The summed E-state index contributed by atoms with van der Waals surface area (Å²) in [5.41, 5.74) is -2.70. The van der Waals surface area contributed by atoms with Gasteiger partial charge in [0.1, 0.15) is 36.1 Å². The molecule has 152 valence electrons. The van der Waals surface area contributed by atoms with Crippen molar-refractivity contribution in [3.8, 4) is 0 Å². The Morgan fingerprint density at radius 3 is 2.35 bits per heavy atom. The summed E-state index contributed by atoms with van der Waals surface area (Å²) in [4.78, 5) is 0. The summed E-state index contributed by atoms with van der Waals surface area (Å²) in [6.45, 7) is 5.59. The highest BCUT2D eigenvalue weighted by Crippen LogP contribution is 2.29. The molecule has 2 saturated heterocycles. The van der Waals surface area contributed by atoms with Gasteiger partial charge < -0.3 is 49.6 Å². The first-order valence-corrected chi connectivity index (χ1v) is 8.30. The van der Waals surface area contributed by atoms with Crippen LogP contribution in [0.2, 0.25) is 0 Å². The van der Waals surface area contributed by atoms with E-state index in [2.05, 4.69) is 6.58 Å². The molecule has 0 bridgehead atoms. The molecule has 2 heterocycles. The quantitative estimate of drug-likeness (QED) is 0.255. The van der Waals surface area contributed by atoms with Crippen LogP contribution in [0, 0.1) is 0 Å². The van der Waals surface area contributed by atoms with Crippen LogP contribution in [0.25, 0.3) is 0 Å². The molecule has 10 heteroatoms. The monoisotopic (exact) mass is 380 g/mol. The van der Waals surface area contributed by atoms with Crippen LogP contribution >= 0.6 is 0 Å². The van der Waals surface area contributed by atoms with E-state index in [0.29, 0.717) is 0 Å². The summed E-state index contributed by atoms with van der Waals surface area (Å²) in [6.07, 6.45) is -8.14. The Balaban J connectivity index is 1.98. The van der Waals surface area contributed by atoms with Crippen molar-refractivity contribution in [3.05, 3.63) is 12.7 Å². The fourth-order valence-corrected chi connectivity index (χ4v) is 2.62. The van der Waals surface area contributed by atoms with Crippen LogP contribution in [0.5, 0.6) is 0 Å². The van der Waals surface area contributed by atoms with E-state index in [4.69, 9.17) is 24.1 Å². The Kier molecular flexibility index (Phi) is 6.78. The molecule has 2 aliphatic rings. The van der Waals surface area contributed by atoms with Crippen molar-refractivity contribution in [3.63, 3.8) is 0 Å². The molecule has 0 amide bonds. The third-order valence-corrected chi connectivity index (χ3v) is 4.58. The van der Waals surface area contributed by atoms with Gasteiger partial charge in [-0.05, 0) is 13.8 Å². The number of aliphatic hydroxyl groups is 6. The third kappa shape index (κ3) is 4.42. The second-order valence-corrected chi connectivity index (χ2v) is 7.16. The van der Waals surface area contributed by atoms with Crippen LogP contribution in [-0.4, -0.2) is 105 Å². The average Bonchev–Trinajstić information content (AvgIpc) is 2.90. The average molecular weight is 380 g/mol. The zero-order valence-electron chi connectivity index (χ0n) is 14.8. The number of hydrogen-bond acceptors (Lipinski definition) is 10. The normalized spacial score (nSPS) is 44.2. The highest BCUT2D eigenvalue weighted by atomic mass is 16.7. The first-order chi connectivity index (χ1) is 12.0. The summed E-state index contributed by atoms with van der Waals surface area (Å²) < 4.78 is 21.5. The maximum absolute atomic E-state index is 10.1. The van der Waals surface area contributed by atoms with Crippen LogP contribution in [0.1, 0.15) is 13.8 Å². The van der Waals surface area contributed by atoms with Crippen molar-refractivity contribution in [1.82, 2.24) is 0 Å². The largest absolute Gasteiger partial charge is 0.393 e. The van der Waals surface area contributed by atoms with Crippen LogP contribution in [0.4, 0.5) is 0 Å². The summed E-state index contributed by atoms with van der Waals surface area (Å²) in [5, 5.41) is 59.1. The Hall–Kier alpha value is -0.660. The highest BCUT2D eigenvalue weighted by Gasteiger charge is 2.50. The van der Waals surface area contributed by atoms with Crippen LogP contribution in [-0.2, 0) is 18.9 Å². The molecule has 0 saturated carbocycles. The zero-order chi connectivity index (χ0) is 19.7. The topological polar surface area (TPSA) is 158 Å². The van der Waals surface area contributed by atoms with Crippen LogP contribution in [0.3, 0.4) is 0 Å². The second-order valence-electron chi connectivity index (χ2n) is 7.16. The molecule has 0 aromatic carbocycles. The van der Waals surface area contributed by atoms with Gasteiger partial charge in [-0.25, -0.2) is 0 Å².